The molecule has 8 aliphatic carbocycles. The third-order valence-electron chi connectivity index (χ3n) is 20.8. The van der Waals surface area contributed by atoms with Crippen LogP contribution in [0.4, 0.5) is 0 Å². The molecule has 0 heterocycles. The summed E-state index contributed by atoms with van der Waals surface area (Å²) in [6, 6.07) is 0. The highest BCUT2D eigenvalue weighted by atomic mass is 16.6. The number of carboxylic acid groups (broad SMARTS) is 1. The van der Waals surface area contributed by atoms with Gasteiger partial charge in [-0.3, -0.25) is 9.59 Å². The van der Waals surface area contributed by atoms with Crippen molar-refractivity contribution in [3.63, 3.8) is 0 Å². The van der Waals surface area contributed by atoms with Gasteiger partial charge in [0.1, 0.15) is 6.61 Å². The van der Waals surface area contributed by atoms with Gasteiger partial charge >= 0.3 is 11.9 Å². The fraction of sp³-hybridized carbons (Fsp3) is 0.918. The van der Waals surface area contributed by atoms with Crippen LogP contribution in [0.2, 0.25) is 0 Å². The summed E-state index contributed by atoms with van der Waals surface area (Å²) < 4.78 is 4.70. The van der Waals surface area contributed by atoms with Crippen molar-refractivity contribution in [2.75, 3.05) is 13.2 Å². The van der Waals surface area contributed by atoms with E-state index in [9.17, 15) is 34.5 Å². The molecule has 8 rings (SSSR count). The predicted octanol–water partition coefficient (Wildman–Crippen LogP) is 8.93. The second-order valence-electron chi connectivity index (χ2n) is 22.6. The van der Waals surface area contributed by atoms with E-state index in [0.717, 1.165) is 68.6 Å². The number of ketones is 2. The fourth-order valence-corrected chi connectivity index (χ4v) is 17.1. The molecule has 8 saturated carbocycles. The number of rotatable bonds is 5. The van der Waals surface area contributed by atoms with Crippen molar-refractivity contribution >= 4 is 23.5 Å². The number of aliphatic hydroxyl groups is 3. The van der Waals surface area contributed by atoms with Crippen molar-refractivity contribution in [1.82, 2.24) is 0 Å². The lowest BCUT2D eigenvalue weighted by Gasteiger charge is -2.65. The number of hydrogen-bond acceptors (Lipinski definition) is 8. The molecule has 0 aromatic rings. The highest BCUT2D eigenvalue weighted by molar-refractivity contribution is 6.28. The van der Waals surface area contributed by atoms with E-state index in [1.165, 1.54) is 44.9 Å². The van der Waals surface area contributed by atoms with E-state index in [1.807, 2.05) is 0 Å². The van der Waals surface area contributed by atoms with Crippen LogP contribution in [0.25, 0.3) is 0 Å². The molecule has 4 N–H and O–H groups in total. The van der Waals surface area contributed by atoms with Gasteiger partial charge in [0.25, 0.3) is 0 Å². The summed E-state index contributed by atoms with van der Waals surface area (Å²) in [6.07, 6.45) is 17.1. The molecule has 332 valence electrons. The Labute approximate surface area is 351 Å². The number of carboxylic acids is 1. The normalized spacial score (nSPS) is 51.4. The van der Waals surface area contributed by atoms with E-state index >= 15 is 0 Å². The molecule has 8 fully saturated rings. The Morgan fingerprint density at radius 3 is 1.40 bits per heavy atom. The van der Waals surface area contributed by atoms with Crippen LogP contribution in [0.3, 0.4) is 0 Å². The maximum Gasteiger partial charge on any atom is 0.417 e. The quantitative estimate of drug-likeness (QED) is 0.157. The molecule has 18 atom stereocenters. The molecular formula is C49H82O9. The maximum atomic E-state index is 13.0. The smallest absolute Gasteiger partial charge is 0.417 e. The van der Waals surface area contributed by atoms with Crippen LogP contribution in [-0.2, 0) is 23.9 Å². The number of carbonyl (C=O) groups excluding carboxylic acids is 3. The second-order valence-corrected chi connectivity index (χ2v) is 22.6. The van der Waals surface area contributed by atoms with Crippen molar-refractivity contribution in [1.29, 1.82) is 0 Å². The number of hydrogen-bond donors (Lipinski definition) is 4. The summed E-state index contributed by atoms with van der Waals surface area (Å²) in [7, 11) is 0. The SMILES string of the molecule is C.C[C@H]1CC[C@]2(C)C3C[C@@H](C)[C@]4(C)[C@@H](C(=O)CO)CC[C@]4(O)C3CC[C@@H]2C1.C[C@H]1CC[C@]2(C)C3C[C@@H](C)[C@]4(C)[C@@H](C(=O)COC(=O)C(=O)O)CC[C@]4(O)C3CC[C@@H]2C1.[2HH]. The van der Waals surface area contributed by atoms with Gasteiger partial charge in [0.2, 0.25) is 0 Å². The lowest BCUT2D eigenvalue weighted by molar-refractivity contribution is -0.227. The van der Waals surface area contributed by atoms with Crippen LogP contribution in [0, 0.1) is 92.7 Å². The zero-order valence-electron chi connectivity index (χ0n) is 36.5. The van der Waals surface area contributed by atoms with Gasteiger partial charge in [-0.15, -0.1) is 0 Å². The topological polar surface area (TPSA) is 158 Å². The standard InChI is InChI=1S/C25H38O6.C23H38O3.CH4.H2/c1-14-7-9-23(3)16(11-14)5-6-17-19(23)12-15(2)24(4)18(8-10-25(17,24)30)20(26)13-31-22(29)21(27)28;1-14-7-9-21(3)16(11-14)5-6-17-19(21)12-15(2)22(4)18(20(25)13-24)8-10-23(17,22)26;;/h14-19,30H,5-13H2,1-4H3,(H,27,28);14-19,24,26H,5-13H2,1-4H3;1H4;1H/t14-,15+,16+,17?,18+,19?,23-,24+,25-;14-,15+,16+,17?,18+,19?,21-,22+,23-;;/m00../s1/i;;;1+1. The summed E-state index contributed by atoms with van der Waals surface area (Å²) in [6.45, 7) is 17.5. The molecule has 0 spiro atoms. The van der Waals surface area contributed by atoms with Gasteiger partial charge in [0.05, 0.1) is 11.2 Å². The second kappa shape index (κ2) is 15.8. The zero-order valence-corrected chi connectivity index (χ0v) is 36.5. The molecule has 0 saturated heterocycles. The summed E-state index contributed by atoms with van der Waals surface area (Å²) in [4.78, 5) is 47.5. The number of ether oxygens (including phenoxy) is 1. The minimum absolute atomic E-state index is 0. The van der Waals surface area contributed by atoms with Crippen molar-refractivity contribution in [3.8, 4) is 0 Å². The Morgan fingerprint density at radius 2 is 1.00 bits per heavy atom. The van der Waals surface area contributed by atoms with Crippen molar-refractivity contribution in [3.05, 3.63) is 0 Å². The Balaban J connectivity index is 0.000000220. The Bertz CT molecular complexity index is 1600. The van der Waals surface area contributed by atoms with E-state index in [1.54, 1.807) is 0 Å². The summed E-state index contributed by atoms with van der Waals surface area (Å²) in [5, 5.41) is 42.5. The Morgan fingerprint density at radius 1 is 0.586 bits per heavy atom. The van der Waals surface area contributed by atoms with Gasteiger partial charge in [0, 0.05) is 24.1 Å². The van der Waals surface area contributed by atoms with Crippen molar-refractivity contribution in [2.45, 2.75) is 177 Å². The van der Waals surface area contributed by atoms with Gasteiger partial charge in [-0.1, -0.05) is 75.7 Å². The van der Waals surface area contributed by atoms with Crippen LogP contribution in [0.5, 0.6) is 0 Å². The highest BCUT2D eigenvalue weighted by Gasteiger charge is 2.72. The van der Waals surface area contributed by atoms with Gasteiger partial charge in [0.15, 0.2) is 18.2 Å². The fourth-order valence-electron chi connectivity index (χ4n) is 17.1. The summed E-state index contributed by atoms with van der Waals surface area (Å²) in [5.74, 6) is 1.25. The Hall–Kier alpha value is -1.84. The molecule has 8 aliphatic rings. The van der Waals surface area contributed by atoms with Gasteiger partial charge in [-0.2, -0.15) is 0 Å². The summed E-state index contributed by atoms with van der Waals surface area (Å²) in [5.41, 5.74) is -1.96. The van der Waals surface area contributed by atoms with Crippen LogP contribution in [-0.4, -0.2) is 68.3 Å². The molecule has 0 aromatic heterocycles. The van der Waals surface area contributed by atoms with Crippen molar-refractivity contribution in [2.24, 2.45) is 92.7 Å². The summed E-state index contributed by atoms with van der Waals surface area (Å²) >= 11 is 0. The van der Waals surface area contributed by atoms with E-state index in [0.29, 0.717) is 41.9 Å². The van der Waals surface area contributed by atoms with E-state index < -0.39 is 41.1 Å². The molecule has 58 heavy (non-hydrogen) atoms. The van der Waals surface area contributed by atoms with Crippen LogP contribution in [0.15, 0.2) is 0 Å². The monoisotopic (exact) mass is 816 g/mol. The first-order chi connectivity index (χ1) is 26.6. The predicted molar refractivity (Wildman–Crippen MR) is 225 cm³/mol. The Kier molecular flexibility index (Phi) is 12.5. The van der Waals surface area contributed by atoms with E-state index in [-0.39, 0.29) is 55.6 Å². The first kappa shape index (κ1) is 45.7. The molecule has 0 bridgehead atoms. The molecule has 0 aromatic carbocycles. The molecule has 9 heteroatoms. The van der Waals surface area contributed by atoms with Crippen LogP contribution >= 0.6 is 0 Å². The average molecular weight is 816 g/mol. The first-order valence-electron chi connectivity index (χ1n) is 23.1. The molecule has 0 amide bonds. The lowest BCUT2D eigenvalue weighted by atomic mass is 9.41. The van der Waals surface area contributed by atoms with Gasteiger partial charge in [-0.05, 0) is 160 Å². The minimum Gasteiger partial charge on any atom is -0.473 e. The lowest BCUT2D eigenvalue weighted by Crippen LogP contribution is -2.65. The highest BCUT2D eigenvalue weighted by Crippen LogP contribution is 2.72. The first-order valence-corrected chi connectivity index (χ1v) is 23.1. The van der Waals surface area contributed by atoms with Crippen LogP contribution < -0.4 is 0 Å². The minimum atomic E-state index is -1.69. The largest absolute Gasteiger partial charge is 0.473 e. The van der Waals surface area contributed by atoms with Crippen molar-refractivity contribution < 1.29 is 45.8 Å². The third-order valence-corrected chi connectivity index (χ3v) is 20.8. The van der Waals surface area contributed by atoms with Gasteiger partial charge in [-0.25, -0.2) is 9.59 Å². The number of aliphatic hydroxyl groups excluding tert-OH is 1. The number of fused-ring (bicyclic) bond motifs is 10. The maximum absolute atomic E-state index is 13.0. The number of Topliss-reactive ketones (excluding diaryl/α,β-unsaturated/α-hetero) is 2. The van der Waals surface area contributed by atoms with E-state index in [4.69, 9.17) is 9.84 Å². The number of aliphatic carboxylic acids is 1. The molecule has 0 radical (unpaired) electrons. The van der Waals surface area contributed by atoms with E-state index in [2.05, 4.69) is 55.4 Å². The van der Waals surface area contributed by atoms with Gasteiger partial charge < -0.3 is 25.2 Å². The molecule has 0 aliphatic heterocycles. The average Bonchev–Trinajstić information content (AvgIpc) is 3.62. The molecular weight excluding hydrogens is 733 g/mol. The third kappa shape index (κ3) is 6.52. The van der Waals surface area contributed by atoms with Crippen LogP contribution in [0.1, 0.15) is 167 Å². The zero-order chi connectivity index (χ0) is 41.7. The number of esters is 1. The molecule has 4 unspecified atom stereocenters. The number of carbonyl (C=O) groups is 4. The molecule has 9 nitrogen and oxygen atoms in total.